The molecule has 21 heavy (non-hydrogen) atoms. The normalized spacial score (nSPS) is 9.57. The number of nitrogens with two attached hydrogens (primary N) is 1. The summed E-state index contributed by atoms with van der Waals surface area (Å²) in [6.45, 7) is -0.217. The van der Waals surface area contributed by atoms with Crippen LogP contribution in [0.15, 0.2) is 35.7 Å². The van der Waals surface area contributed by atoms with Crippen LogP contribution < -0.4 is 11.1 Å². The second kappa shape index (κ2) is 6.70. The Balaban J connectivity index is 2.07. The molecule has 1 heterocycles. The quantitative estimate of drug-likeness (QED) is 0.749. The van der Waals surface area contributed by atoms with Gasteiger partial charge in [-0.3, -0.25) is 9.59 Å². The number of aliphatic hydroxyl groups excluding tert-OH is 1. The van der Waals surface area contributed by atoms with Crippen molar-refractivity contribution in [2.45, 2.75) is 0 Å². The number of benzene rings is 1. The predicted molar refractivity (Wildman–Crippen MR) is 81.2 cm³/mol. The fraction of sp³-hybridized carbons (Fsp3) is 0.0667. The molecule has 0 aliphatic rings. The highest BCUT2D eigenvalue weighted by Gasteiger charge is 2.09. The summed E-state index contributed by atoms with van der Waals surface area (Å²) >= 11 is 1.33. The predicted octanol–water partition coefficient (Wildman–Crippen LogP) is 1.44. The topological polar surface area (TPSA) is 92.4 Å². The molecule has 1 aromatic heterocycles. The van der Waals surface area contributed by atoms with Crippen molar-refractivity contribution in [1.29, 1.82) is 0 Å². The third kappa shape index (κ3) is 3.92. The zero-order valence-corrected chi connectivity index (χ0v) is 11.7. The molecule has 0 saturated heterocycles. The average molecular weight is 300 g/mol. The summed E-state index contributed by atoms with van der Waals surface area (Å²) < 4.78 is 0. The number of carbonyl (C=O) groups is 2. The van der Waals surface area contributed by atoms with Gasteiger partial charge in [0, 0.05) is 16.6 Å². The Labute approximate surface area is 125 Å². The highest BCUT2D eigenvalue weighted by Crippen LogP contribution is 2.16. The molecule has 0 aliphatic carbocycles. The molecule has 0 unspecified atom stereocenters. The lowest BCUT2D eigenvalue weighted by Gasteiger charge is -2.04. The molecule has 0 atom stereocenters. The van der Waals surface area contributed by atoms with Gasteiger partial charge in [0.15, 0.2) is 0 Å². The standard InChI is InChI=1S/C15H12N2O3S/c16-14(19)10-3-5-12(6-4-10)17-15(20)11-8-13(21-9-11)2-1-7-18/h3-6,8-9,18H,7H2,(H2,16,19)(H,17,20). The van der Waals surface area contributed by atoms with Crippen molar-refractivity contribution in [2.75, 3.05) is 11.9 Å². The molecular formula is C15H12N2O3S. The minimum Gasteiger partial charge on any atom is -0.384 e. The largest absolute Gasteiger partial charge is 0.384 e. The van der Waals surface area contributed by atoms with E-state index < -0.39 is 5.91 Å². The van der Waals surface area contributed by atoms with Crippen LogP contribution in [0.5, 0.6) is 0 Å². The Hall–Kier alpha value is -2.62. The number of aliphatic hydroxyl groups is 1. The van der Waals surface area contributed by atoms with Crippen molar-refractivity contribution in [2.24, 2.45) is 5.73 Å². The van der Waals surface area contributed by atoms with Crippen molar-refractivity contribution in [3.63, 3.8) is 0 Å². The van der Waals surface area contributed by atoms with E-state index in [-0.39, 0.29) is 12.5 Å². The number of anilines is 1. The Morgan fingerprint density at radius 1 is 1.24 bits per heavy atom. The van der Waals surface area contributed by atoms with Crippen LogP contribution in [-0.4, -0.2) is 23.5 Å². The van der Waals surface area contributed by atoms with E-state index in [0.717, 1.165) is 0 Å². The van der Waals surface area contributed by atoms with Gasteiger partial charge in [-0.1, -0.05) is 11.8 Å². The monoisotopic (exact) mass is 300 g/mol. The summed E-state index contributed by atoms with van der Waals surface area (Å²) in [6, 6.07) is 7.96. The van der Waals surface area contributed by atoms with Crippen LogP contribution in [0.3, 0.4) is 0 Å². The van der Waals surface area contributed by atoms with Gasteiger partial charge in [-0.05, 0) is 30.3 Å². The Morgan fingerprint density at radius 2 is 1.95 bits per heavy atom. The molecule has 2 amide bonds. The number of rotatable bonds is 3. The smallest absolute Gasteiger partial charge is 0.256 e. The molecule has 0 aliphatic heterocycles. The third-order valence-corrected chi connectivity index (χ3v) is 3.43. The van der Waals surface area contributed by atoms with Crippen LogP contribution in [0.4, 0.5) is 5.69 Å². The van der Waals surface area contributed by atoms with E-state index in [9.17, 15) is 9.59 Å². The maximum Gasteiger partial charge on any atom is 0.256 e. The first-order valence-corrected chi connectivity index (χ1v) is 6.87. The molecule has 2 rings (SSSR count). The van der Waals surface area contributed by atoms with E-state index >= 15 is 0 Å². The molecule has 5 nitrogen and oxygen atoms in total. The van der Waals surface area contributed by atoms with Crippen LogP contribution >= 0.6 is 11.3 Å². The summed E-state index contributed by atoms with van der Waals surface area (Å²) in [5.74, 6) is 4.48. The van der Waals surface area contributed by atoms with E-state index in [0.29, 0.717) is 21.7 Å². The van der Waals surface area contributed by atoms with Crippen LogP contribution in [0, 0.1) is 11.8 Å². The van der Waals surface area contributed by atoms with Crippen molar-refractivity contribution < 1.29 is 14.7 Å². The highest BCUT2D eigenvalue weighted by molar-refractivity contribution is 7.10. The van der Waals surface area contributed by atoms with Crippen molar-refractivity contribution in [3.8, 4) is 11.8 Å². The molecule has 0 spiro atoms. The Morgan fingerprint density at radius 3 is 2.57 bits per heavy atom. The lowest BCUT2D eigenvalue weighted by Crippen LogP contribution is -2.12. The van der Waals surface area contributed by atoms with Gasteiger partial charge < -0.3 is 16.2 Å². The Bertz CT molecular complexity index is 723. The summed E-state index contributed by atoms with van der Waals surface area (Å²) in [7, 11) is 0. The maximum atomic E-state index is 12.0. The van der Waals surface area contributed by atoms with Gasteiger partial charge in [0.2, 0.25) is 5.91 Å². The van der Waals surface area contributed by atoms with E-state index in [2.05, 4.69) is 17.2 Å². The zero-order chi connectivity index (χ0) is 15.2. The minimum absolute atomic E-state index is 0.217. The van der Waals surface area contributed by atoms with Gasteiger partial charge in [-0.2, -0.15) is 0 Å². The molecule has 6 heteroatoms. The van der Waals surface area contributed by atoms with Crippen molar-refractivity contribution in [1.82, 2.24) is 0 Å². The Kier molecular flexibility index (Phi) is 4.72. The number of hydrogen-bond acceptors (Lipinski definition) is 4. The fourth-order valence-corrected chi connectivity index (χ4v) is 2.32. The lowest BCUT2D eigenvalue weighted by molar-refractivity contribution is 0.0998. The van der Waals surface area contributed by atoms with Crippen molar-refractivity contribution in [3.05, 3.63) is 51.7 Å². The molecule has 0 bridgehead atoms. The number of thiophene rings is 1. The van der Waals surface area contributed by atoms with Crippen LogP contribution in [-0.2, 0) is 0 Å². The first-order chi connectivity index (χ1) is 10.1. The summed E-state index contributed by atoms with van der Waals surface area (Å²) in [5.41, 5.74) is 6.58. The second-order valence-electron chi connectivity index (χ2n) is 4.06. The van der Waals surface area contributed by atoms with Gasteiger partial charge in [0.25, 0.3) is 5.91 Å². The fourth-order valence-electron chi connectivity index (χ4n) is 1.57. The van der Waals surface area contributed by atoms with Crippen molar-refractivity contribution >= 4 is 28.8 Å². The first kappa shape index (κ1) is 14.8. The van der Waals surface area contributed by atoms with Crippen LogP contribution in [0.25, 0.3) is 0 Å². The number of nitrogens with one attached hydrogen (secondary N) is 1. The van der Waals surface area contributed by atoms with Gasteiger partial charge in [0.1, 0.15) is 6.61 Å². The van der Waals surface area contributed by atoms with Gasteiger partial charge in [-0.25, -0.2) is 0 Å². The van der Waals surface area contributed by atoms with E-state index in [1.807, 2.05) is 0 Å². The summed E-state index contributed by atoms with van der Waals surface area (Å²) in [5, 5.41) is 13.0. The number of carbonyl (C=O) groups excluding carboxylic acids is 2. The van der Waals surface area contributed by atoms with Gasteiger partial charge in [-0.15, -0.1) is 11.3 Å². The van der Waals surface area contributed by atoms with Gasteiger partial charge >= 0.3 is 0 Å². The molecule has 1 aromatic carbocycles. The third-order valence-electron chi connectivity index (χ3n) is 2.58. The molecular weight excluding hydrogens is 288 g/mol. The maximum absolute atomic E-state index is 12.0. The van der Waals surface area contributed by atoms with E-state index in [1.54, 1.807) is 35.7 Å². The summed E-state index contributed by atoms with van der Waals surface area (Å²) in [4.78, 5) is 23.7. The number of primary amides is 1. The van der Waals surface area contributed by atoms with E-state index in [4.69, 9.17) is 10.8 Å². The molecule has 2 aromatic rings. The number of hydrogen-bond donors (Lipinski definition) is 3. The molecule has 0 fully saturated rings. The SMILES string of the molecule is NC(=O)c1ccc(NC(=O)c2csc(C#CCO)c2)cc1. The first-order valence-electron chi connectivity index (χ1n) is 5.99. The lowest BCUT2D eigenvalue weighted by atomic mass is 10.2. The number of amides is 2. The average Bonchev–Trinajstić information content (AvgIpc) is 2.94. The minimum atomic E-state index is -0.516. The highest BCUT2D eigenvalue weighted by atomic mass is 32.1. The van der Waals surface area contributed by atoms with E-state index in [1.165, 1.54) is 11.3 Å². The van der Waals surface area contributed by atoms with Crippen LogP contribution in [0.2, 0.25) is 0 Å². The molecule has 4 N–H and O–H groups in total. The molecule has 0 saturated carbocycles. The van der Waals surface area contributed by atoms with Gasteiger partial charge in [0.05, 0.1) is 10.4 Å². The second-order valence-corrected chi connectivity index (χ2v) is 4.97. The zero-order valence-electron chi connectivity index (χ0n) is 10.9. The molecule has 106 valence electrons. The van der Waals surface area contributed by atoms with Crippen LogP contribution in [0.1, 0.15) is 25.6 Å². The molecule has 0 radical (unpaired) electrons. The summed E-state index contributed by atoms with van der Waals surface area (Å²) in [6.07, 6.45) is 0.